The number of carbonyl (C=O) groups excluding carboxylic acids is 2. The lowest BCUT2D eigenvalue weighted by Crippen LogP contribution is -2.29. The summed E-state index contributed by atoms with van der Waals surface area (Å²) in [7, 11) is 1.32. The quantitative estimate of drug-likeness (QED) is 0.178. The number of rotatable bonds is 10. The van der Waals surface area contributed by atoms with Crippen LogP contribution in [0.3, 0.4) is 0 Å². The van der Waals surface area contributed by atoms with Gasteiger partial charge in [-0.3, -0.25) is 14.5 Å². The molecule has 0 radical (unpaired) electrons. The predicted octanol–water partition coefficient (Wildman–Crippen LogP) is 6.37. The van der Waals surface area contributed by atoms with Crippen LogP contribution in [-0.4, -0.2) is 41.4 Å². The minimum Gasteiger partial charge on any atom is -0.490 e. The van der Waals surface area contributed by atoms with Crippen LogP contribution < -0.4 is 9.47 Å². The van der Waals surface area contributed by atoms with Crippen LogP contribution in [0.2, 0.25) is 5.02 Å². The lowest BCUT2D eigenvalue weighted by atomic mass is 10.1. The van der Waals surface area contributed by atoms with E-state index in [1.807, 2.05) is 6.92 Å². The van der Waals surface area contributed by atoms with Gasteiger partial charge in [0.25, 0.3) is 5.91 Å². The van der Waals surface area contributed by atoms with Crippen LogP contribution in [0.1, 0.15) is 30.9 Å². The second kappa shape index (κ2) is 12.7. The van der Waals surface area contributed by atoms with Gasteiger partial charge < -0.3 is 14.2 Å². The first-order valence-electron chi connectivity index (χ1n) is 10.6. The van der Waals surface area contributed by atoms with E-state index >= 15 is 0 Å². The Bertz CT molecular complexity index is 1160. The molecule has 0 aliphatic carbocycles. The number of ether oxygens (including phenoxy) is 3. The zero-order valence-electron chi connectivity index (χ0n) is 18.9. The third-order valence-corrected chi connectivity index (χ3v) is 7.24. The fourth-order valence-corrected chi connectivity index (χ4v) is 5.32. The molecule has 0 spiro atoms. The standard InChI is InChI=1S/C24H22BrClFNO5S2/c1-3-32-19-11-14(10-16(25)22(19)33-13-15-17(26)6-4-7-18(15)27)12-20-23(30)28(24(34)35-20)9-5-8-21(29)31-2/h4,6-7,10-12H,3,5,8-9,13H2,1-2H3/b20-12+. The van der Waals surface area contributed by atoms with Crippen LogP contribution in [0.25, 0.3) is 6.08 Å². The maximum absolute atomic E-state index is 14.1. The molecule has 2 aromatic carbocycles. The number of benzene rings is 2. The molecule has 1 amide bonds. The van der Waals surface area contributed by atoms with Crippen molar-refractivity contribution < 1.29 is 28.2 Å². The average molecular weight is 603 g/mol. The van der Waals surface area contributed by atoms with Crippen LogP contribution in [0.5, 0.6) is 11.5 Å². The lowest BCUT2D eigenvalue weighted by Gasteiger charge is -2.16. The monoisotopic (exact) mass is 601 g/mol. The summed E-state index contributed by atoms with van der Waals surface area (Å²) in [5.74, 6) is -0.211. The Morgan fingerprint density at radius 3 is 2.77 bits per heavy atom. The molecule has 11 heteroatoms. The number of halogens is 3. The van der Waals surface area contributed by atoms with Gasteiger partial charge in [0.2, 0.25) is 0 Å². The zero-order chi connectivity index (χ0) is 25.5. The normalized spacial score (nSPS) is 14.5. The van der Waals surface area contributed by atoms with Gasteiger partial charge in [-0.1, -0.05) is 41.6 Å². The highest BCUT2D eigenvalue weighted by atomic mass is 79.9. The highest BCUT2D eigenvalue weighted by Gasteiger charge is 2.31. The largest absolute Gasteiger partial charge is 0.490 e. The van der Waals surface area contributed by atoms with E-state index in [1.54, 1.807) is 24.3 Å². The van der Waals surface area contributed by atoms with Crippen molar-refractivity contribution in [3.05, 3.63) is 61.7 Å². The molecule has 0 N–H and O–H groups in total. The maximum Gasteiger partial charge on any atom is 0.305 e. The van der Waals surface area contributed by atoms with Crippen LogP contribution in [0.4, 0.5) is 4.39 Å². The van der Waals surface area contributed by atoms with E-state index in [4.69, 9.17) is 33.3 Å². The maximum atomic E-state index is 14.1. The Labute approximate surface area is 225 Å². The zero-order valence-corrected chi connectivity index (χ0v) is 22.9. The molecule has 0 aromatic heterocycles. The van der Waals surface area contributed by atoms with E-state index in [-0.39, 0.29) is 35.5 Å². The van der Waals surface area contributed by atoms with E-state index in [2.05, 4.69) is 20.7 Å². The van der Waals surface area contributed by atoms with E-state index in [0.29, 0.717) is 50.3 Å². The molecule has 2 aromatic rings. The van der Waals surface area contributed by atoms with Crippen molar-refractivity contribution >= 4 is 73.8 Å². The molecule has 3 rings (SSSR count). The van der Waals surface area contributed by atoms with Crippen LogP contribution >= 0.6 is 51.5 Å². The summed E-state index contributed by atoms with van der Waals surface area (Å²) in [6, 6.07) is 7.94. The van der Waals surface area contributed by atoms with Gasteiger partial charge in [0, 0.05) is 18.5 Å². The average Bonchev–Trinajstić information content (AvgIpc) is 3.07. The topological polar surface area (TPSA) is 65.1 Å². The summed E-state index contributed by atoms with van der Waals surface area (Å²) in [6.45, 7) is 2.44. The van der Waals surface area contributed by atoms with E-state index < -0.39 is 5.82 Å². The van der Waals surface area contributed by atoms with E-state index in [9.17, 15) is 14.0 Å². The summed E-state index contributed by atoms with van der Waals surface area (Å²) < 4.78 is 31.4. The smallest absolute Gasteiger partial charge is 0.305 e. The Morgan fingerprint density at radius 1 is 1.31 bits per heavy atom. The number of carbonyl (C=O) groups is 2. The van der Waals surface area contributed by atoms with Crippen molar-refractivity contribution in [1.82, 2.24) is 4.90 Å². The molecule has 1 fully saturated rings. The number of hydrogen-bond acceptors (Lipinski definition) is 7. The summed E-state index contributed by atoms with van der Waals surface area (Å²) >= 11 is 16.1. The number of methoxy groups -OCH3 is 1. The fraction of sp³-hybridized carbons (Fsp3) is 0.292. The third-order valence-electron chi connectivity index (χ3n) is 4.92. The van der Waals surface area contributed by atoms with Crippen molar-refractivity contribution in [2.75, 3.05) is 20.3 Å². The molecule has 1 aliphatic heterocycles. The first-order chi connectivity index (χ1) is 16.7. The highest BCUT2D eigenvalue weighted by Crippen LogP contribution is 2.40. The SMILES string of the molecule is CCOc1cc(/C=C2/SC(=S)N(CCCC(=O)OC)C2=O)cc(Br)c1OCc1c(F)cccc1Cl. The second-order valence-corrected chi connectivity index (χ2v) is 10.2. The lowest BCUT2D eigenvalue weighted by molar-refractivity contribution is -0.141. The highest BCUT2D eigenvalue weighted by molar-refractivity contribution is 9.10. The van der Waals surface area contributed by atoms with Gasteiger partial charge in [-0.25, -0.2) is 4.39 Å². The third kappa shape index (κ3) is 6.97. The molecule has 0 saturated carbocycles. The number of thiocarbonyl (C=S) groups is 1. The Hall–Kier alpha value is -2.14. The summed E-state index contributed by atoms with van der Waals surface area (Å²) in [6.07, 6.45) is 2.37. The van der Waals surface area contributed by atoms with Crippen molar-refractivity contribution in [3.8, 4) is 11.5 Å². The van der Waals surface area contributed by atoms with Crippen LogP contribution in [0.15, 0.2) is 39.7 Å². The first kappa shape index (κ1) is 27.4. The van der Waals surface area contributed by atoms with Gasteiger partial charge >= 0.3 is 5.97 Å². The van der Waals surface area contributed by atoms with Crippen LogP contribution in [0, 0.1) is 5.82 Å². The van der Waals surface area contributed by atoms with Crippen molar-refractivity contribution in [1.29, 1.82) is 0 Å². The molecule has 0 atom stereocenters. The second-order valence-electron chi connectivity index (χ2n) is 7.26. The Balaban J connectivity index is 1.79. The van der Waals surface area contributed by atoms with Gasteiger partial charge in [-0.05, 0) is 65.2 Å². The van der Waals surface area contributed by atoms with Gasteiger partial charge in [0.15, 0.2) is 11.5 Å². The number of amides is 1. The fourth-order valence-electron chi connectivity index (χ4n) is 3.22. The van der Waals surface area contributed by atoms with Crippen molar-refractivity contribution in [2.24, 2.45) is 0 Å². The molecule has 0 bridgehead atoms. The molecule has 0 unspecified atom stereocenters. The Kier molecular flexibility index (Phi) is 9.97. The van der Waals surface area contributed by atoms with Crippen molar-refractivity contribution in [3.63, 3.8) is 0 Å². The summed E-state index contributed by atoms with van der Waals surface area (Å²) in [4.78, 5) is 26.1. The van der Waals surface area contributed by atoms with Gasteiger partial charge in [0.1, 0.15) is 16.7 Å². The first-order valence-corrected chi connectivity index (χ1v) is 13.0. The minimum atomic E-state index is -0.461. The van der Waals surface area contributed by atoms with E-state index in [1.165, 1.54) is 35.9 Å². The number of esters is 1. The predicted molar refractivity (Wildman–Crippen MR) is 142 cm³/mol. The molecule has 6 nitrogen and oxygen atoms in total. The van der Waals surface area contributed by atoms with Gasteiger partial charge in [-0.15, -0.1) is 0 Å². The number of thioether (sulfide) groups is 1. The summed E-state index contributed by atoms with van der Waals surface area (Å²) in [5, 5.41) is 0.268. The molecule has 35 heavy (non-hydrogen) atoms. The molecule has 1 aliphatic rings. The summed E-state index contributed by atoms with van der Waals surface area (Å²) in [5.41, 5.74) is 0.926. The molecular weight excluding hydrogens is 581 g/mol. The number of nitrogens with zero attached hydrogens (tertiary/aromatic N) is 1. The molecule has 186 valence electrons. The van der Waals surface area contributed by atoms with Crippen LogP contribution in [-0.2, 0) is 20.9 Å². The van der Waals surface area contributed by atoms with Gasteiger partial charge in [-0.2, -0.15) is 0 Å². The Morgan fingerprint density at radius 2 is 2.09 bits per heavy atom. The minimum absolute atomic E-state index is 0.0895. The van der Waals surface area contributed by atoms with E-state index in [0.717, 1.165) is 0 Å². The van der Waals surface area contributed by atoms with Gasteiger partial charge in [0.05, 0.1) is 28.1 Å². The molecule has 1 heterocycles. The molecular formula is C24H22BrClFNO5S2. The number of hydrogen-bond donors (Lipinski definition) is 0. The molecule has 1 saturated heterocycles. The van der Waals surface area contributed by atoms with Crippen molar-refractivity contribution in [2.45, 2.75) is 26.4 Å².